The molecule has 1 saturated carbocycles. The van der Waals surface area contributed by atoms with Gasteiger partial charge in [0.2, 0.25) is 0 Å². The van der Waals surface area contributed by atoms with Gasteiger partial charge in [-0.1, -0.05) is 25.5 Å². The molecular formula is C17H28O3. The Bertz CT molecular complexity index is 307. The van der Waals surface area contributed by atoms with E-state index in [0.717, 1.165) is 51.4 Å². The molecule has 1 saturated heterocycles. The van der Waals surface area contributed by atoms with Gasteiger partial charge in [-0.3, -0.25) is 0 Å². The summed E-state index contributed by atoms with van der Waals surface area (Å²) in [6, 6.07) is 0. The molecular weight excluding hydrogens is 252 g/mol. The second kappa shape index (κ2) is 8.58. The average molecular weight is 280 g/mol. The first-order chi connectivity index (χ1) is 9.85. The van der Waals surface area contributed by atoms with Gasteiger partial charge >= 0.3 is 0 Å². The fraction of sp³-hybridized carbons (Fsp3) is 0.824. The monoisotopic (exact) mass is 280 g/mol. The summed E-state index contributed by atoms with van der Waals surface area (Å²) in [7, 11) is 0. The van der Waals surface area contributed by atoms with E-state index in [1.165, 1.54) is 12.8 Å². The number of carbonyl (C=O) groups is 1. The minimum Gasteiger partial charge on any atom is -0.353 e. The maximum atomic E-state index is 11.4. The molecule has 20 heavy (non-hydrogen) atoms. The third kappa shape index (κ3) is 4.42. The van der Waals surface area contributed by atoms with Crippen LogP contribution in [0.1, 0.15) is 58.3 Å². The lowest BCUT2D eigenvalue weighted by atomic mass is 9.93. The topological polar surface area (TPSA) is 35.5 Å². The van der Waals surface area contributed by atoms with Crippen LogP contribution in [0, 0.1) is 11.8 Å². The second-order valence-electron chi connectivity index (χ2n) is 6.02. The van der Waals surface area contributed by atoms with Crippen molar-refractivity contribution in [3.8, 4) is 0 Å². The highest BCUT2D eigenvalue weighted by molar-refractivity contribution is 5.56. The first kappa shape index (κ1) is 15.7. The highest BCUT2D eigenvalue weighted by Crippen LogP contribution is 2.36. The molecule has 0 radical (unpaired) electrons. The van der Waals surface area contributed by atoms with Gasteiger partial charge in [-0.05, 0) is 50.9 Å². The van der Waals surface area contributed by atoms with Crippen LogP contribution in [0.3, 0.4) is 0 Å². The Hall–Kier alpha value is -0.670. The number of rotatable bonds is 7. The molecule has 1 unspecified atom stereocenters. The van der Waals surface area contributed by atoms with E-state index < -0.39 is 0 Å². The number of hydrogen-bond donors (Lipinski definition) is 0. The molecule has 0 aromatic heterocycles. The lowest BCUT2D eigenvalue weighted by molar-refractivity contribution is -0.194. The van der Waals surface area contributed by atoms with E-state index in [-0.39, 0.29) is 18.3 Å². The predicted octanol–water partition coefficient (Wildman–Crippen LogP) is 3.87. The zero-order valence-corrected chi connectivity index (χ0v) is 12.6. The minimum absolute atomic E-state index is 0.0480. The summed E-state index contributed by atoms with van der Waals surface area (Å²) in [6.45, 7) is 2.98. The van der Waals surface area contributed by atoms with Crippen LogP contribution < -0.4 is 0 Å². The Morgan fingerprint density at radius 2 is 2.10 bits per heavy atom. The summed E-state index contributed by atoms with van der Waals surface area (Å²) in [5, 5.41) is 0. The SMILES string of the molecule is CCC/C=C\C[C@H]1CC[C@@H](OC2CCCCO2)[C@@H]1C=O. The van der Waals surface area contributed by atoms with Gasteiger partial charge in [0.05, 0.1) is 6.10 Å². The molecule has 1 aliphatic carbocycles. The molecule has 114 valence electrons. The van der Waals surface area contributed by atoms with Crippen molar-refractivity contribution in [1.29, 1.82) is 0 Å². The highest BCUT2D eigenvalue weighted by atomic mass is 16.7. The van der Waals surface area contributed by atoms with E-state index in [1.807, 2.05) is 0 Å². The Kier molecular flexibility index (Phi) is 6.74. The van der Waals surface area contributed by atoms with Crippen molar-refractivity contribution in [2.45, 2.75) is 70.7 Å². The van der Waals surface area contributed by atoms with Crippen molar-refractivity contribution in [3.63, 3.8) is 0 Å². The first-order valence-corrected chi connectivity index (χ1v) is 8.22. The number of unbranched alkanes of at least 4 members (excludes halogenated alkanes) is 1. The van der Waals surface area contributed by atoms with Gasteiger partial charge in [-0.25, -0.2) is 0 Å². The summed E-state index contributed by atoms with van der Waals surface area (Å²) in [6.07, 6.45) is 14.3. The maximum Gasteiger partial charge on any atom is 0.157 e. The van der Waals surface area contributed by atoms with E-state index >= 15 is 0 Å². The van der Waals surface area contributed by atoms with Crippen molar-refractivity contribution < 1.29 is 14.3 Å². The van der Waals surface area contributed by atoms with Gasteiger partial charge in [0.1, 0.15) is 6.29 Å². The lowest BCUT2D eigenvalue weighted by Crippen LogP contribution is -2.31. The van der Waals surface area contributed by atoms with Gasteiger partial charge in [0.25, 0.3) is 0 Å². The molecule has 3 heteroatoms. The molecule has 0 bridgehead atoms. The molecule has 1 heterocycles. The summed E-state index contributed by atoms with van der Waals surface area (Å²) < 4.78 is 11.7. The van der Waals surface area contributed by atoms with Crippen LogP contribution >= 0.6 is 0 Å². The molecule has 2 aliphatic rings. The standard InChI is InChI=1S/C17H28O3/c1-2-3-4-5-8-14-10-11-16(15(14)13-18)20-17-9-6-7-12-19-17/h4-5,13-17H,2-3,6-12H2,1H3/b5-4-/t14-,15+,16+,17?/m0/s1. The quantitative estimate of drug-likeness (QED) is 0.524. The Balaban J connectivity index is 1.80. The van der Waals surface area contributed by atoms with E-state index in [1.54, 1.807) is 0 Å². The molecule has 0 amide bonds. The van der Waals surface area contributed by atoms with Crippen LogP contribution in [0.5, 0.6) is 0 Å². The van der Waals surface area contributed by atoms with Crippen molar-refractivity contribution in [1.82, 2.24) is 0 Å². The van der Waals surface area contributed by atoms with Crippen molar-refractivity contribution in [2.24, 2.45) is 11.8 Å². The van der Waals surface area contributed by atoms with Crippen LogP contribution in [0.25, 0.3) is 0 Å². The third-order valence-corrected chi connectivity index (χ3v) is 4.48. The number of ether oxygens (including phenoxy) is 2. The molecule has 0 N–H and O–H groups in total. The number of carbonyl (C=O) groups excluding carboxylic acids is 1. The molecule has 4 atom stereocenters. The molecule has 2 fully saturated rings. The van der Waals surface area contributed by atoms with Gasteiger partial charge in [-0.15, -0.1) is 0 Å². The zero-order chi connectivity index (χ0) is 14.2. The van der Waals surface area contributed by atoms with E-state index in [9.17, 15) is 4.79 Å². The van der Waals surface area contributed by atoms with E-state index in [2.05, 4.69) is 19.1 Å². The summed E-state index contributed by atoms with van der Waals surface area (Å²) in [4.78, 5) is 11.4. The number of hydrogen-bond acceptors (Lipinski definition) is 3. The van der Waals surface area contributed by atoms with Crippen molar-refractivity contribution in [2.75, 3.05) is 6.61 Å². The molecule has 0 spiro atoms. The van der Waals surface area contributed by atoms with Gasteiger partial charge < -0.3 is 14.3 Å². The zero-order valence-electron chi connectivity index (χ0n) is 12.6. The van der Waals surface area contributed by atoms with Gasteiger partial charge in [0, 0.05) is 12.5 Å². The van der Waals surface area contributed by atoms with Crippen LogP contribution in [0.15, 0.2) is 12.2 Å². The van der Waals surface area contributed by atoms with Gasteiger partial charge in [-0.2, -0.15) is 0 Å². The Morgan fingerprint density at radius 3 is 2.80 bits per heavy atom. The largest absolute Gasteiger partial charge is 0.353 e. The highest BCUT2D eigenvalue weighted by Gasteiger charge is 2.37. The summed E-state index contributed by atoms with van der Waals surface area (Å²) in [5.74, 6) is 0.501. The fourth-order valence-corrected chi connectivity index (χ4v) is 3.27. The van der Waals surface area contributed by atoms with Crippen LogP contribution in [0.4, 0.5) is 0 Å². The molecule has 3 nitrogen and oxygen atoms in total. The van der Waals surface area contributed by atoms with Crippen molar-refractivity contribution >= 4 is 6.29 Å². The average Bonchev–Trinajstić information content (AvgIpc) is 2.86. The Labute approximate surface area is 122 Å². The second-order valence-corrected chi connectivity index (χ2v) is 6.02. The van der Waals surface area contributed by atoms with Gasteiger partial charge in [0.15, 0.2) is 6.29 Å². The summed E-state index contributed by atoms with van der Waals surface area (Å²) >= 11 is 0. The Morgan fingerprint density at radius 1 is 1.20 bits per heavy atom. The summed E-state index contributed by atoms with van der Waals surface area (Å²) in [5.41, 5.74) is 0. The fourth-order valence-electron chi connectivity index (χ4n) is 3.27. The first-order valence-electron chi connectivity index (χ1n) is 8.22. The molecule has 1 aliphatic heterocycles. The van der Waals surface area contributed by atoms with Crippen LogP contribution in [0.2, 0.25) is 0 Å². The molecule has 2 rings (SSSR count). The number of aldehydes is 1. The number of allylic oxidation sites excluding steroid dienone is 2. The predicted molar refractivity (Wildman–Crippen MR) is 79.4 cm³/mol. The molecule has 0 aromatic carbocycles. The normalized spacial score (nSPS) is 34.6. The maximum absolute atomic E-state index is 11.4. The minimum atomic E-state index is -0.0782. The third-order valence-electron chi connectivity index (χ3n) is 4.48. The van der Waals surface area contributed by atoms with Crippen LogP contribution in [-0.2, 0) is 14.3 Å². The lowest BCUT2D eigenvalue weighted by Gasteiger charge is -2.28. The molecule has 0 aromatic rings. The van der Waals surface area contributed by atoms with E-state index in [0.29, 0.717) is 5.92 Å². The van der Waals surface area contributed by atoms with Crippen molar-refractivity contribution in [3.05, 3.63) is 12.2 Å². The van der Waals surface area contributed by atoms with E-state index in [4.69, 9.17) is 9.47 Å². The smallest absolute Gasteiger partial charge is 0.157 e. The van der Waals surface area contributed by atoms with Crippen LogP contribution in [-0.4, -0.2) is 25.3 Å².